The summed E-state index contributed by atoms with van der Waals surface area (Å²) in [5.41, 5.74) is 1.36. The first kappa shape index (κ1) is 13.4. The Balaban J connectivity index is 2.23. The molecule has 2 heterocycles. The first-order valence-electron chi connectivity index (χ1n) is 6.42. The molecule has 6 heteroatoms. The molecule has 1 aliphatic carbocycles. The Morgan fingerprint density at radius 3 is 3.05 bits per heavy atom. The zero-order valence-electron chi connectivity index (χ0n) is 11.0. The number of aromatic amines is 1. The summed E-state index contributed by atoms with van der Waals surface area (Å²) in [6.07, 6.45) is 5.37. The molecule has 102 valence electrons. The summed E-state index contributed by atoms with van der Waals surface area (Å²) in [6.45, 7) is 2.80. The van der Waals surface area contributed by atoms with Gasteiger partial charge in [-0.2, -0.15) is 11.8 Å². The van der Waals surface area contributed by atoms with E-state index < -0.39 is 0 Å². The molecule has 0 bridgehead atoms. The lowest BCUT2D eigenvalue weighted by atomic mass is 10.2. The molecule has 2 aromatic heterocycles. The molecule has 1 unspecified atom stereocenters. The van der Waals surface area contributed by atoms with Crippen LogP contribution in [0.25, 0.3) is 10.2 Å². The van der Waals surface area contributed by atoms with E-state index in [9.17, 15) is 4.79 Å². The van der Waals surface area contributed by atoms with Crippen LogP contribution < -0.4 is 5.56 Å². The second kappa shape index (κ2) is 5.07. The van der Waals surface area contributed by atoms with E-state index in [1.54, 1.807) is 27.7 Å². The SMILES string of the molecule is CSC(C)Cn1c(=S)[nH]c2sc3c(c2c1=O)CCC3. The highest BCUT2D eigenvalue weighted by molar-refractivity contribution is 7.99. The lowest BCUT2D eigenvalue weighted by Crippen LogP contribution is -2.25. The van der Waals surface area contributed by atoms with Crippen molar-refractivity contribution in [3.05, 3.63) is 25.6 Å². The molecule has 19 heavy (non-hydrogen) atoms. The van der Waals surface area contributed by atoms with Gasteiger partial charge in [-0.3, -0.25) is 9.36 Å². The molecule has 0 fully saturated rings. The number of fused-ring (bicyclic) bond motifs is 3. The third-order valence-corrected chi connectivity index (χ3v) is 6.17. The molecule has 2 aromatic rings. The number of nitrogens with one attached hydrogen (secondary N) is 1. The second-order valence-corrected chi connectivity index (χ2v) is 7.72. The van der Waals surface area contributed by atoms with Gasteiger partial charge >= 0.3 is 0 Å². The molecule has 1 aliphatic rings. The van der Waals surface area contributed by atoms with Gasteiger partial charge in [0.1, 0.15) is 4.83 Å². The Labute approximate surface area is 125 Å². The standard InChI is InChI=1S/C13H16N2OS3/c1-7(18-2)6-15-12(16)10-8-4-3-5-9(8)19-11(10)14-13(15)17/h7H,3-6H2,1-2H3,(H,14,17). The smallest absolute Gasteiger partial charge is 0.263 e. The van der Waals surface area contributed by atoms with Crippen LogP contribution in [0.4, 0.5) is 0 Å². The zero-order chi connectivity index (χ0) is 13.6. The minimum Gasteiger partial charge on any atom is -0.323 e. The molecule has 0 amide bonds. The summed E-state index contributed by atoms with van der Waals surface area (Å²) < 4.78 is 2.28. The maximum Gasteiger partial charge on any atom is 0.263 e. The fraction of sp³-hybridized carbons (Fsp3) is 0.538. The van der Waals surface area contributed by atoms with Gasteiger partial charge in [0, 0.05) is 16.7 Å². The van der Waals surface area contributed by atoms with Crippen LogP contribution in [0.2, 0.25) is 0 Å². The van der Waals surface area contributed by atoms with Crippen molar-refractivity contribution in [2.45, 2.75) is 38.0 Å². The Morgan fingerprint density at radius 1 is 1.53 bits per heavy atom. The minimum absolute atomic E-state index is 0.0963. The molecule has 1 atom stereocenters. The first-order chi connectivity index (χ1) is 9.11. The van der Waals surface area contributed by atoms with Crippen molar-refractivity contribution < 1.29 is 0 Å². The molecule has 0 saturated carbocycles. The number of hydrogen-bond donors (Lipinski definition) is 1. The highest BCUT2D eigenvalue weighted by atomic mass is 32.2. The Hall–Kier alpha value is -0.590. The second-order valence-electron chi connectivity index (χ2n) is 4.95. The fourth-order valence-corrected chi connectivity index (χ4v) is 4.51. The van der Waals surface area contributed by atoms with Gasteiger partial charge in [-0.15, -0.1) is 11.3 Å². The molecule has 0 radical (unpaired) electrons. The number of hydrogen-bond acceptors (Lipinski definition) is 4. The van der Waals surface area contributed by atoms with Gasteiger partial charge in [0.15, 0.2) is 4.77 Å². The molecule has 3 nitrogen and oxygen atoms in total. The maximum atomic E-state index is 12.7. The average molecular weight is 312 g/mol. The molecule has 0 aromatic carbocycles. The summed E-state index contributed by atoms with van der Waals surface area (Å²) in [6, 6.07) is 0. The van der Waals surface area contributed by atoms with Crippen LogP contribution in [0.5, 0.6) is 0 Å². The fourth-order valence-electron chi connectivity index (χ4n) is 2.61. The number of thiophene rings is 1. The number of aryl methyl sites for hydroxylation is 2. The van der Waals surface area contributed by atoms with Gasteiger partial charge in [0.25, 0.3) is 5.56 Å². The van der Waals surface area contributed by atoms with Crippen LogP contribution in [0.15, 0.2) is 4.79 Å². The molecular weight excluding hydrogens is 296 g/mol. The highest BCUT2D eigenvalue weighted by Gasteiger charge is 2.21. The Bertz CT molecular complexity index is 741. The van der Waals surface area contributed by atoms with Crippen LogP contribution in [0.3, 0.4) is 0 Å². The Morgan fingerprint density at radius 2 is 2.32 bits per heavy atom. The first-order valence-corrected chi connectivity index (χ1v) is 8.93. The number of nitrogens with zero attached hydrogens (tertiary/aromatic N) is 1. The number of thioether (sulfide) groups is 1. The summed E-state index contributed by atoms with van der Waals surface area (Å²) in [4.78, 5) is 18.3. The molecular formula is C13H16N2OS3. The van der Waals surface area contributed by atoms with Gasteiger partial charge in [0.2, 0.25) is 0 Å². The normalized spacial score (nSPS) is 15.9. The van der Waals surface area contributed by atoms with E-state index in [-0.39, 0.29) is 5.56 Å². The molecule has 0 saturated heterocycles. The van der Waals surface area contributed by atoms with E-state index in [2.05, 4.69) is 18.2 Å². The molecule has 0 spiro atoms. The van der Waals surface area contributed by atoms with Crippen molar-refractivity contribution in [1.29, 1.82) is 0 Å². The number of aromatic nitrogens is 2. The van der Waals surface area contributed by atoms with Gasteiger partial charge in [-0.1, -0.05) is 6.92 Å². The largest absolute Gasteiger partial charge is 0.323 e. The lowest BCUT2D eigenvalue weighted by molar-refractivity contribution is 0.650. The Kier molecular flexibility index (Phi) is 3.57. The third-order valence-electron chi connectivity index (χ3n) is 3.69. The average Bonchev–Trinajstić information content (AvgIpc) is 2.93. The van der Waals surface area contributed by atoms with Crippen LogP contribution in [-0.2, 0) is 19.4 Å². The maximum absolute atomic E-state index is 12.7. The van der Waals surface area contributed by atoms with Crippen LogP contribution in [0, 0.1) is 4.77 Å². The third kappa shape index (κ3) is 2.19. The van der Waals surface area contributed by atoms with E-state index in [0.29, 0.717) is 16.6 Å². The van der Waals surface area contributed by atoms with Crippen LogP contribution >= 0.6 is 35.3 Å². The molecule has 3 rings (SSSR count). The van der Waals surface area contributed by atoms with Crippen molar-refractivity contribution in [2.24, 2.45) is 0 Å². The van der Waals surface area contributed by atoms with Crippen LogP contribution in [0.1, 0.15) is 23.8 Å². The van der Waals surface area contributed by atoms with Gasteiger partial charge in [-0.25, -0.2) is 0 Å². The number of H-pyrrole nitrogens is 1. The van der Waals surface area contributed by atoms with E-state index in [1.807, 2.05) is 0 Å². The quantitative estimate of drug-likeness (QED) is 0.883. The summed E-state index contributed by atoms with van der Waals surface area (Å²) in [5, 5.41) is 1.27. The summed E-state index contributed by atoms with van der Waals surface area (Å²) in [5.74, 6) is 0. The van der Waals surface area contributed by atoms with E-state index in [1.165, 1.54) is 16.9 Å². The van der Waals surface area contributed by atoms with Crippen molar-refractivity contribution in [3.63, 3.8) is 0 Å². The van der Waals surface area contributed by atoms with E-state index in [0.717, 1.165) is 23.1 Å². The lowest BCUT2D eigenvalue weighted by Gasteiger charge is -2.11. The van der Waals surface area contributed by atoms with Gasteiger partial charge < -0.3 is 4.98 Å². The van der Waals surface area contributed by atoms with Gasteiger partial charge in [0.05, 0.1) is 5.39 Å². The van der Waals surface area contributed by atoms with Crippen molar-refractivity contribution >= 4 is 45.5 Å². The predicted molar refractivity (Wildman–Crippen MR) is 86.3 cm³/mol. The van der Waals surface area contributed by atoms with Crippen molar-refractivity contribution in [2.75, 3.05) is 6.26 Å². The van der Waals surface area contributed by atoms with Crippen molar-refractivity contribution in [3.8, 4) is 0 Å². The van der Waals surface area contributed by atoms with Gasteiger partial charge in [-0.05, 0) is 43.3 Å². The summed E-state index contributed by atoms with van der Waals surface area (Å²) in [7, 11) is 0. The highest BCUT2D eigenvalue weighted by Crippen LogP contribution is 2.34. The summed E-state index contributed by atoms with van der Waals surface area (Å²) >= 11 is 8.80. The zero-order valence-corrected chi connectivity index (χ0v) is 13.4. The monoisotopic (exact) mass is 312 g/mol. The topological polar surface area (TPSA) is 37.8 Å². The van der Waals surface area contributed by atoms with Crippen LogP contribution in [-0.4, -0.2) is 21.1 Å². The molecule has 0 aliphatic heterocycles. The van der Waals surface area contributed by atoms with E-state index in [4.69, 9.17) is 12.2 Å². The molecule has 1 N–H and O–H groups in total. The predicted octanol–water partition coefficient (Wildman–Crippen LogP) is 3.36. The number of rotatable bonds is 3. The van der Waals surface area contributed by atoms with Crippen molar-refractivity contribution in [1.82, 2.24) is 9.55 Å². The van der Waals surface area contributed by atoms with E-state index >= 15 is 0 Å². The minimum atomic E-state index is 0.0963.